The summed E-state index contributed by atoms with van der Waals surface area (Å²) in [6, 6.07) is 11.4. The van der Waals surface area contributed by atoms with E-state index in [2.05, 4.69) is 5.32 Å². The molecule has 0 atom stereocenters. The molecule has 31 heavy (non-hydrogen) atoms. The number of benzene rings is 2. The zero-order valence-electron chi connectivity index (χ0n) is 18.4. The lowest BCUT2D eigenvalue weighted by molar-refractivity contribution is -0.116. The molecule has 0 radical (unpaired) electrons. The average molecular weight is 451 g/mol. The van der Waals surface area contributed by atoms with Gasteiger partial charge >= 0.3 is 0 Å². The van der Waals surface area contributed by atoms with Crippen LogP contribution in [0.25, 0.3) is 0 Å². The van der Waals surface area contributed by atoms with E-state index in [-0.39, 0.29) is 23.8 Å². The molecule has 0 spiro atoms. The number of methoxy groups -OCH3 is 1. The molecule has 0 unspecified atom stereocenters. The Morgan fingerprint density at radius 2 is 1.65 bits per heavy atom. The number of nitrogens with one attached hydrogen (secondary N) is 1. The number of amides is 1. The maximum absolute atomic E-state index is 12.7. The van der Waals surface area contributed by atoms with Gasteiger partial charge in [0.2, 0.25) is 15.9 Å². The first-order chi connectivity index (χ1) is 14.8. The fraction of sp³-hybridized carbons (Fsp3) is 0.409. The molecule has 0 aliphatic carbocycles. The van der Waals surface area contributed by atoms with Crippen molar-refractivity contribution in [1.82, 2.24) is 4.31 Å². The molecule has 2 aromatic rings. The maximum atomic E-state index is 12.7. The van der Waals surface area contributed by atoms with E-state index in [4.69, 9.17) is 14.2 Å². The van der Waals surface area contributed by atoms with Crippen molar-refractivity contribution in [2.24, 2.45) is 0 Å². The zero-order chi connectivity index (χ0) is 22.9. The van der Waals surface area contributed by atoms with Gasteiger partial charge in [-0.15, -0.1) is 0 Å². The molecule has 1 N–H and O–H groups in total. The predicted molar refractivity (Wildman–Crippen MR) is 119 cm³/mol. The third kappa shape index (κ3) is 6.86. The Hall–Kier alpha value is -2.78. The lowest BCUT2D eigenvalue weighted by Crippen LogP contribution is -2.28. The highest BCUT2D eigenvalue weighted by atomic mass is 32.2. The largest absolute Gasteiger partial charge is 0.497 e. The van der Waals surface area contributed by atoms with Crippen molar-refractivity contribution in [2.45, 2.75) is 31.6 Å². The molecule has 9 heteroatoms. The number of carbonyl (C=O) groups excluding carboxylic acids is 1. The quantitative estimate of drug-likeness (QED) is 0.532. The van der Waals surface area contributed by atoms with Crippen LogP contribution in [0.15, 0.2) is 47.4 Å². The highest BCUT2D eigenvalue weighted by molar-refractivity contribution is 7.89. The number of hydrogen-bond acceptors (Lipinski definition) is 6. The Balaban J connectivity index is 1.94. The molecule has 2 aromatic carbocycles. The van der Waals surface area contributed by atoms with Crippen LogP contribution in [-0.2, 0) is 14.8 Å². The summed E-state index contributed by atoms with van der Waals surface area (Å²) in [6.45, 7) is 4.92. The number of hydrogen-bond donors (Lipinski definition) is 1. The predicted octanol–water partition coefficient (Wildman–Crippen LogP) is 3.53. The first kappa shape index (κ1) is 24.5. The molecule has 2 rings (SSSR count). The SMILES string of the molecule is CCOc1ccc(OCC)c(NC(=O)CCCN(C)S(=O)(=O)c2ccc(OC)cc2)c1. The Morgan fingerprint density at radius 1 is 1.00 bits per heavy atom. The fourth-order valence-electron chi connectivity index (χ4n) is 2.87. The molecule has 0 aromatic heterocycles. The number of carbonyl (C=O) groups is 1. The van der Waals surface area contributed by atoms with Gasteiger partial charge in [0.1, 0.15) is 17.2 Å². The molecule has 0 fully saturated rings. The number of sulfonamides is 1. The second-order valence-electron chi connectivity index (χ2n) is 6.68. The number of ether oxygens (including phenoxy) is 3. The van der Waals surface area contributed by atoms with Crippen LogP contribution in [0.3, 0.4) is 0 Å². The van der Waals surface area contributed by atoms with E-state index in [9.17, 15) is 13.2 Å². The average Bonchev–Trinajstić information content (AvgIpc) is 2.75. The molecular formula is C22H30N2O6S. The topological polar surface area (TPSA) is 94.2 Å². The van der Waals surface area contributed by atoms with Gasteiger partial charge in [-0.2, -0.15) is 0 Å². The van der Waals surface area contributed by atoms with Crippen LogP contribution >= 0.6 is 0 Å². The van der Waals surface area contributed by atoms with Crippen LogP contribution < -0.4 is 19.5 Å². The van der Waals surface area contributed by atoms with E-state index < -0.39 is 10.0 Å². The lowest BCUT2D eigenvalue weighted by atomic mass is 10.2. The standard InChI is InChI=1S/C22H30N2O6S/c1-5-29-18-11-14-21(30-6-2)20(16-18)23-22(25)8-7-15-24(3)31(26,27)19-12-9-17(28-4)10-13-19/h9-14,16H,5-8,15H2,1-4H3,(H,23,25). The molecule has 170 valence electrons. The minimum Gasteiger partial charge on any atom is -0.497 e. The van der Waals surface area contributed by atoms with Crippen molar-refractivity contribution in [3.8, 4) is 17.2 Å². The van der Waals surface area contributed by atoms with Gasteiger partial charge in [0, 0.05) is 26.1 Å². The molecular weight excluding hydrogens is 420 g/mol. The van der Waals surface area contributed by atoms with Gasteiger partial charge in [0.25, 0.3) is 0 Å². The fourth-order valence-corrected chi connectivity index (χ4v) is 4.08. The smallest absolute Gasteiger partial charge is 0.242 e. The summed E-state index contributed by atoms with van der Waals surface area (Å²) in [6.07, 6.45) is 0.528. The van der Waals surface area contributed by atoms with Crippen LogP contribution in [0.5, 0.6) is 17.2 Å². The Bertz CT molecular complexity index is 960. The van der Waals surface area contributed by atoms with Crippen molar-refractivity contribution in [3.63, 3.8) is 0 Å². The maximum Gasteiger partial charge on any atom is 0.242 e. The van der Waals surface area contributed by atoms with Crippen LogP contribution in [0.4, 0.5) is 5.69 Å². The summed E-state index contributed by atoms with van der Waals surface area (Å²) in [4.78, 5) is 12.6. The van der Waals surface area contributed by atoms with E-state index in [1.54, 1.807) is 30.3 Å². The van der Waals surface area contributed by atoms with Gasteiger partial charge < -0.3 is 19.5 Å². The molecule has 8 nitrogen and oxygen atoms in total. The monoisotopic (exact) mass is 450 g/mol. The van der Waals surface area contributed by atoms with Crippen molar-refractivity contribution in [1.29, 1.82) is 0 Å². The van der Waals surface area contributed by atoms with Gasteiger partial charge in [0.05, 0.1) is 30.9 Å². The second kappa shape index (κ2) is 11.6. The van der Waals surface area contributed by atoms with E-state index >= 15 is 0 Å². The third-order valence-corrected chi connectivity index (χ3v) is 6.35. The van der Waals surface area contributed by atoms with Crippen LogP contribution in [-0.4, -0.2) is 52.5 Å². The van der Waals surface area contributed by atoms with E-state index in [1.807, 2.05) is 13.8 Å². The first-order valence-corrected chi connectivity index (χ1v) is 11.6. The van der Waals surface area contributed by atoms with E-state index in [0.717, 1.165) is 0 Å². The molecule has 0 saturated carbocycles. The Labute approximate surface area is 184 Å². The molecule has 0 aliphatic rings. The molecule has 0 aliphatic heterocycles. The van der Waals surface area contributed by atoms with Crippen LogP contribution in [0, 0.1) is 0 Å². The van der Waals surface area contributed by atoms with Gasteiger partial charge in [0.15, 0.2) is 0 Å². The normalized spacial score (nSPS) is 11.3. The van der Waals surface area contributed by atoms with Crippen LogP contribution in [0.2, 0.25) is 0 Å². The van der Waals surface area contributed by atoms with Gasteiger partial charge in [-0.05, 0) is 56.7 Å². The molecule has 1 amide bonds. The van der Waals surface area contributed by atoms with Gasteiger partial charge in [-0.1, -0.05) is 0 Å². The zero-order valence-corrected chi connectivity index (χ0v) is 19.2. The summed E-state index contributed by atoms with van der Waals surface area (Å²) >= 11 is 0. The van der Waals surface area contributed by atoms with Gasteiger partial charge in [-0.25, -0.2) is 12.7 Å². The van der Waals surface area contributed by atoms with Crippen molar-refractivity contribution < 1.29 is 27.4 Å². The van der Waals surface area contributed by atoms with E-state index in [0.29, 0.717) is 42.6 Å². The summed E-state index contributed by atoms with van der Waals surface area (Å²) in [5, 5.41) is 2.83. The van der Waals surface area contributed by atoms with Gasteiger partial charge in [-0.3, -0.25) is 4.79 Å². The summed E-state index contributed by atoms with van der Waals surface area (Å²) < 4.78 is 42.7. The summed E-state index contributed by atoms with van der Waals surface area (Å²) in [5.74, 6) is 1.54. The van der Waals surface area contributed by atoms with Crippen molar-refractivity contribution in [3.05, 3.63) is 42.5 Å². The molecule has 0 saturated heterocycles. The Morgan fingerprint density at radius 3 is 2.26 bits per heavy atom. The highest BCUT2D eigenvalue weighted by Crippen LogP contribution is 2.29. The summed E-state index contributed by atoms with van der Waals surface area (Å²) in [5.41, 5.74) is 0.525. The molecule has 0 heterocycles. The third-order valence-electron chi connectivity index (χ3n) is 4.48. The second-order valence-corrected chi connectivity index (χ2v) is 8.72. The lowest BCUT2D eigenvalue weighted by Gasteiger charge is -2.17. The van der Waals surface area contributed by atoms with E-state index in [1.165, 1.54) is 30.6 Å². The minimum atomic E-state index is -3.64. The van der Waals surface area contributed by atoms with Crippen LogP contribution in [0.1, 0.15) is 26.7 Å². The number of nitrogens with zero attached hydrogens (tertiary/aromatic N) is 1. The number of anilines is 1. The highest BCUT2D eigenvalue weighted by Gasteiger charge is 2.20. The first-order valence-electron chi connectivity index (χ1n) is 10.1. The minimum absolute atomic E-state index is 0.160. The Kier molecular flexibility index (Phi) is 9.14. The number of rotatable bonds is 12. The van der Waals surface area contributed by atoms with Crippen molar-refractivity contribution >= 4 is 21.6 Å². The van der Waals surface area contributed by atoms with Crippen molar-refractivity contribution in [2.75, 3.05) is 39.2 Å². The molecule has 0 bridgehead atoms. The summed E-state index contributed by atoms with van der Waals surface area (Å²) in [7, 11) is -0.622.